The fraction of sp³-hybridized carbons (Fsp3) is 0.294. The lowest BCUT2D eigenvalue weighted by Crippen LogP contribution is -2.31. The minimum Gasteiger partial charge on any atom is -0.310 e. The second kappa shape index (κ2) is 7.95. The summed E-state index contributed by atoms with van der Waals surface area (Å²) in [5.74, 6) is -0.273. The van der Waals surface area contributed by atoms with E-state index < -0.39 is 53.8 Å². The van der Waals surface area contributed by atoms with E-state index >= 15 is 0 Å². The van der Waals surface area contributed by atoms with Gasteiger partial charge in [-0.25, -0.2) is 22.6 Å². The number of rotatable bonds is 4. The van der Waals surface area contributed by atoms with Crippen molar-refractivity contribution >= 4 is 36.3 Å². The zero-order chi connectivity index (χ0) is 25.0. The Kier molecular flexibility index (Phi) is 6.00. The molecule has 3 rings (SSSR count). The van der Waals surface area contributed by atoms with Crippen LogP contribution >= 0.6 is 0 Å². The number of pyridine rings is 2. The van der Waals surface area contributed by atoms with Gasteiger partial charge in [0, 0.05) is 19.4 Å². The van der Waals surface area contributed by atoms with Gasteiger partial charge in [-0.15, -0.1) is 4.13 Å². The molecule has 3 aromatic rings. The van der Waals surface area contributed by atoms with Crippen molar-refractivity contribution in [1.29, 1.82) is 0 Å². The molecular weight excluding hydrogens is 500 g/mol. The van der Waals surface area contributed by atoms with E-state index in [1.54, 1.807) is 4.13 Å². The fourth-order valence-corrected chi connectivity index (χ4v) is 6.42. The lowest BCUT2D eigenvalue weighted by molar-refractivity contribution is -0.138. The van der Waals surface area contributed by atoms with Gasteiger partial charge < -0.3 is 4.57 Å². The van der Waals surface area contributed by atoms with Crippen molar-refractivity contribution in [2.45, 2.75) is 24.2 Å². The molecule has 3 heterocycles. The first-order valence-corrected chi connectivity index (χ1v) is 12.3. The van der Waals surface area contributed by atoms with Crippen molar-refractivity contribution in [2.24, 2.45) is 7.05 Å². The molecule has 16 heteroatoms. The number of imidazole rings is 1. The maximum absolute atomic E-state index is 13.4. The second-order valence-corrected chi connectivity index (χ2v) is 11.1. The lowest BCUT2D eigenvalue weighted by atomic mass is 10.2. The molecule has 0 aliphatic heterocycles. The molecule has 0 spiro atoms. The van der Waals surface area contributed by atoms with Crippen LogP contribution < -0.4 is 4.13 Å². The van der Waals surface area contributed by atoms with E-state index in [2.05, 4.69) is 15.0 Å². The Labute approximate surface area is 183 Å². The highest BCUT2D eigenvalue weighted by Gasteiger charge is 2.35. The molecule has 0 fully saturated rings. The topological polar surface area (TPSA) is 107 Å². The van der Waals surface area contributed by atoms with Crippen LogP contribution in [0.1, 0.15) is 18.1 Å². The lowest BCUT2D eigenvalue weighted by Gasteiger charge is -2.17. The number of aryl methyl sites for hydroxylation is 1. The van der Waals surface area contributed by atoms with Crippen LogP contribution in [-0.4, -0.2) is 43.8 Å². The Balaban J connectivity index is 2.37. The summed E-state index contributed by atoms with van der Waals surface area (Å²) in [6.07, 6.45) is -7.99. The summed E-state index contributed by atoms with van der Waals surface area (Å²) in [4.78, 5) is 10.7. The molecule has 1 N–H and O–H groups in total. The van der Waals surface area contributed by atoms with Gasteiger partial charge in [0.15, 0.2) is 11.5 Å². The zero-order valence-corrected chi connectivity index (χ0v) is 18.6. The number of hydrogen-bond acceptors (Lipinski definition) is 6. The van der Waals surface area contributed by atoms with Gasteiger partial charge in [-0.3, -0.25) is 4.98 Å². The first-order chi connectivity index (χ1) is 15.0. The van der Waals surface area contributed by atoms with Gasteiger partial charge in [-0.2, -0.15) is 26.3 Å². The van der Waals surface area contributed by atoms with Crippen molar-refractivity contribution in [1.82, 2.24) is 23.6 Å². The summed E-state index contributed by atoms with van der Waals surface area (Å²) in [7, 11) is -6.85. The van der Waals surface area contributed by atoms with Crippen LogP contribution in [0.15, 0.2) is 29.4 Å². The standard InChI is InChI=1S/C17H15F6N5O3S2/c1-4-33(31,27-32(3,29)30)12-6-10(17(21,22)23)7-24-13(12)15-26-11-5-9(16(18,19)20)8-25-14(11)28(15)2/h4-8H,1-3H3,(H,27,31). The quantitative estimate of drug-likeness (QED) is 0.423. The molecule has 33 heavy (non-hydrogen) atoms. The van der Waals surface area contributed by atoms with Crippen molar-refractivity contribution < 1.29 is 39.0 Å². The van der Waals surface area contributed by atoms with Gasteiger partial charge in [0.25, 0.3) is 0 Å². The predicted molar refractivity (Wildman–Crippen MR) is 108 cm³/mol. The predicted octanol–water partition coefficient (Wildman–Crippen LogP) is 3.00. The number of nitrogens with zero attached hydrogens (tertiary/aromatic N) is 4. The molecule has 8 nitrogen and oxygen atoms in total. The molecular formula is C17H15F6N5O3S2. The van der Waals surface area contributed by atoms with Crippen LogP contribution in [-0.2, 0) is 39.1 Å². The first kappa shape index (κ1) is 24.9. The van der Waals surface area contributed by atoms with Gasteiger partial charge in [0.05, 0.1) is 32.0 Å². The van der Waals surface area contributed by atoms with E-state index in [0.717, 1.165) is 16.9 Å². The van der Waals surface area contributed by atoms with Crippen molar-refractivity contribution in [3.63, 3.8) is 0 Å². The first-order valence-electron chi connectivity index (χ1n) is 8.75. The third-order valence-corrected chi connectivity index (χ3v) is 8.19. The number of hydrogen-bond donors (Lipinski definition) is 1. The van der Waals surface area contributed by atoms with E-state index in [-0.39, 0.29) is 17.0 Å². The molecule has 0 amide bonds. The van der Waals surface area contributed by atoms with E-state index in [1.165, 1.54) is 7.05 Å². The molecule has 1 atom stereocenters. The number of fused-ring (bicyclic) bond motifs is 1. The average molecular weight is 515 g/mol. The second-order valence-electron chi connectivity index (χ2n) is 6.82. The summed E-state index contributed by atoms with van der Waals surface area (Å²) in [5, 5.41) is 0.859. The molecule has 0 aliphatic rings. The molecule has 180 valence electrons. The fourth-order valence-electron chi connectivity index (χ4n) is 2.89. The SMILES string of the molecule is CC=S(=O)(NS(C)(=O)=O)c1cc(C(F)(F)F)cnc1-c1nc2cc(C(F)(F)F)cnc2n1C. The zero-order valence-electron chi connectivity index (χ0n) is 17.0. The normalized spacial score (nSPS) is 14.9. The minimum atomic E-state index is -4.91. The highest BCUT2D eigenvalue weighted by Crippen LogP contribution is 2.35. The molecule has 1 unspecified atom stereocenters. The Morgan fingerprint density at radius 3 is 2.03 bits per heavy atom. The van der Waals surface area contributed by atoms with E-state index in [0.29, 0.717) is 30.8 Å². The maximum atomic E-state index is 13.4. The number of halogens is 6. The van der Waals surface area contributed by atoms with Crippen molar-refractivity contribution in [3.8, 4) is 11.5 Å². The van der Waals surface area contributed by atoms with Crippen LogP contribution in [0.25, 0.3) is 22.7 Å². The van der Waals surface area contributed by atoms with Crippen LogP contribution in [0.4, 0.5) is 26.3 Å². The van der Waals surface area contributed by atoms with Gasteiger partial charge in [-0.05, 0) is 24.4 Å². The van der Waals surface area contributed by atoms with Gasteiger partial charge in [-0.1, -0.05) is 0 Å². The van der Waals surface area contributed by atoms with Gasteiger partial charge in [0.1, 0.15) is 11.2 Å². The van der Waals surface area contributed by atoms with Crippen LogP contribution in [0.5, 0.6) is 0 Å². The average Bonchev–Trinajstić information content (AvgIpc) is 3.00. The Bertz CT molecular complexity index is 1470. The smallest absolute Gasteiger partial charge is 0.310 e. The minimum absolute atomic E-state index is 0.0614. The van der Waals surface area contributed by atoms with E-state index in [4.69, 9.17) is 0 Å². The van der Waals surface area contributed by atoms with E-state index in [9.17, 15) is 39.0 Å². The monoisotopic (exact) mass is 515 g/mol. The van der Waals surface area contributed by atoms with E-state index in [1.807, 2.05) is 0 Å². The Morgan fingerprint density at radius 2 is 1.52 bits per heavy atom. The number of alkyl halides is 6. The third kappa shape index (κ3) is 4.96. The summed E-state index contributed by atoms with van der Waals surface area (Å²) in [6, 6.07) is 1.14. The van der Waals surface area contributed by atoms with Crippen LogP contribution in [0.3, 0.4) is 0 Å². The number of aromatic nitrogens is 4. The summed E-state index contributed by atoms with van der Waals surface area (Å²) < 4.78 is 119. The van der Waals surface area contributed by atoms with Crippen molar-refractivity contribution in [2.75, 3.05) is 6.26 Å². The number of sulfonamides is 1. The highest BCUT2D eigenvalue weighted by atomic mass is 32.3. The largest absolute Gasteiger partial charge is 0.417 e. The van der Waals surface area contributed by atoms with Crippen molar-refractivity contribution in [3.05, 3.63) is 35.7 Å². The molecule has 3 aromatic heterocycles. The van der Waals surface area contributed by atoms with Gasteiger partial charge >= 0.3 is 12.4 Å². The molecule has 0 aromatic carbocycles. The Hall–Kier alpha value is -2.72. The summed E-state index contributed by atoms with van der Waals surface area (Å²) in [5.41, 5.74) is -3.17. The van der Waals surface area contributed by atoms with Crippen LogP contribution in [0.2, 0.25) is 0 Å². The highest BCUT2D eigenvalue weighted by molar-refractivity contribution is 8.09. The summed E-state index contributed by atoms with van der Waals surface area (Å²) >= 11 is 0. The molecule has 0 saturated heterocycles. The summed E-state index contributed by atoms with van der Waals surface area (Å²) in [6.45, 7) is 1.16. The van der Waals surface area contributed by atoms with Gasteiger partial charge in [0.2, 0.25) is 10.0 Å². The molecule has 0 saturated carbocycles. The molecule has 0 aliphatic carbocycles. The third-order valence-electron chi connectivity index (χ3n) is 4.36. The maximum Gasteiger partial charge on any atom is 0.417 e. The number of nitrogens with one attached hydrogen (secondary N) is 1. The van der Waals surface area contributed by atoms with Crippen LogP contribution in [0, 0.1) is 0 Å². The molecule has 0 bridgehead atoms. The molecule has 0 radical (unpaired) electrons. The Morgan fingerprint density at radius 1 is 0.970 bits per heavy atom.